The Hall–Kier alpha value is -1.75. The first-order chi connectivity index (χ1) is 8.85. The van der Waals surface area contributed by atoms with Gasteiger partial charge in [0.25, 0.3) is 0 Å². The maximum Gasteiger partial charge on any atom is 0.207 e. The maximum absolute atomic E-state index is 10.6. The fraction of sp³-hybridized carbons (Fsp3) is 0.533. The predicted octanol–water partition coefficient (Wildman–Crippen LogP) is 2.56. The van der Waals surface area contributed by atoms with E-state index in [-0.39, 0.29) is 22.5 Å². The van der Waals surface area contributed by atoms with E-state index in [9.17, 15) is 5.11 Å². The van der Waals surface area contributed by atoms with Crippen LogP contribution in [0.15, 0.2) is 12.1 Å². The van der Waals surface area contributed by atoms with E-state index in [1.54, 1.807) is 12.1 Å². The molecule has 0 atom stereocenters. The molecule has 0 saturated carbocycles. The standard InChI is InChI=1S/C15H26N4O/c1-14(2,3)10-7-9(19(18)13(16)17)8-11(12(10)20)15(4,5)6/h7-8,20H,18H2,1-6H3,(H3,16,17). The molecule has 1 rings (SSSR count). The Morgan fingerprint density at radius 2 is 1.40 bits per heavy atom. The summed E-state index contributed by atoms with van der Waals surface area (Å²) in [5, 5.41) is 19.1. The molecule has 0 unspecified atom stereocenters. The molecule has 0 aliphatic carbocycles. The number of hydrogen-bond donors (Lipinski definition) is 4. The van der Waals surface area contributed by atoms with Crippen molar-refractivity contribution in [3.8, 4) is 5.75 Å². The van der Waals surface area contributed by atoms with Crippen molar-refractivity contribution >= 4 is 11.6 Å². The van der Waals surface area contributed by atoms with Crippen LogP contribution in [0.2, 0.25) is 0 Å². The molecule has 0 radical (unpaired) electrons. The highest BCUT2D eigenvalue weighted by molar-refractivity contribution is 5.91. The van der Waals surface area contributed by atoms with Gasteiger partial charge in [-0.1, -0.05) is 41.5 Å². The third kappa shape index (κ3) is 3.22. The number of anilines is 1. The molecule has 5 nitrogen and oxygen atoms in total. The number of benzene rings is 1. The molecule has 0 aliphatic heterocycles. The smallest absolute Gasteiger partial charge is 0.207 e. The van der Waals surface area contributed by atoms with Crippen molar-refractivity contribution in [1.82, 2.24) is 0 Å². The van der Waals surface area contributed by atoms with Crippen molar-refractivity contribution in [2.45, 2.75) is 52.4 Å². The summed E-state index contributed by atoms with van der Waals surface area (Å²) >= 11 is 0. The number of hydrogen-bond acceptors (Lipinski definition) is 3. The third-order valence-electron chi connectivity index (χ3n) is 3.25. The summed E-state index contributed by atoms with van der Waals surface area (Å²) in [4.78, 5) is 0. The Morgan fingerprint density at radius 1 is 1.05 bits per heavy atom. The molecular weight excluding hydrogens is 252 g/mol. The van der Waals surface area contributed by atoms with Crippen LogP contribution in [0.4, 0.5) is 5.69 Å². The van der Waals surface area contributed by atoms with Crippen molar-refractivity contribution in [1.29, 1.82) is 5.41 Å². The van der Waals surface area contributed by atoms with Gasteiger partial charge in [-0.05, 0) is 23.0 Å². The van der Waals surface area contributed by atoms with E-state index in [0.717, 1.165) is 16.1 Å². The van der Waals surface area contributed by atoms with Gasteiger partial charge in [0.1, 0.15) is 5.75 Å². The van der Waals surface area contributed by atoms with E-state index in [1.807, 2.05) is 41.5 Å². The van der Waals surface area contributed by atoms with Crippen LogP contribution in [-0.4, -0.2) is 11.1 Å². The van der Waals surface area contributed by atoms with Gasteiger partial charge in [-0.25, -0.2) is 10.9 Å². The largest absolute Gasteiger partial charge is 0.507 e. The van der Waals surface area contributed by atoms with Gasteiger partial charge >= 0.3 is 0 Å². The molecular formula is C15H26N4O. The summed E-state index contributed by atoms with van der Waals surface area (Å²) in [6, 6.07) is 3.57. The number of guanidine groups is 1. The van der Waals surface area contributed by atoms with Crippen molar-refractivity contribution in [3.05, 3.63) is 23.3 Å². The molecule has 20 heavy (non-hydrogen) atoms. The lowest BCUT2D eigenvalue weighted by molar-refractivity contribution is 0.423. The summed E-state index contributed by atoms with van der Waals surface area (Å²) in [6.45, 7) is 12.1. The minimum Gasteiger partial charge on any atom is -0.507 e. The second kappa shape index (κ2) is 4.98. The van der Waals surface area contributed by atoms with Gasteiger partial charge in [0.05, 0.1) is 5.69 Å². The van der Waals surface area contributed by atoms with Gasteiger partial charge in [0.15, 0.2) is 0 Å². The van der Waals surface area contributed by atoms with E-state index < -0.39 is 0 Å². The average molecular weight is 278 g/mol. The summed E-state index contributed by atoms with van der Waals surface area (Å²) in [5.41, 5.74) is 7.15. The van der Waals surface area contributed by atoms with Gasteiger partial charge < -0.3 is 10.8 Å². The van der Waals surface area contributed by atoms with E-state index in [2.05, 4.69) is 0 Å². The Labute approximate surface area is 121 Å². The van der Waals surface area contributed by atoms with Crippen molar-refractivity contribution in [3.63, 3.8) is 0 Å². The Morgan fingerprint density at radius 3 is 1.65 bits per heavy atom. The lowest BCUT2D eigenvalue weighted by Crippen LogP contribution is -2.42. The van der Waals surface area contributed by atoms with Gasteiger partial charge in [0, 0.05) is 11.1 Å². The van der Waals surface area contributed by atoms with Crippen LogP contribution in [0.3, 0.4) is 0 Å². The Bertz CT molecular complexity index is 489. The quantitative estimate of drug-likeness (QED) is 0.274. The molecule has 0 aliphatic rings. The van der Waals surface area contributed by atoms with Crippen molar-refractivity contribution in [2.24, 2.45) is 11.6 Å². The number of nitrogens with two attached hydrogens (primary N) is 2. The predicted molar refractivity (Wildman–Crippen MR) is 84.1 cm³/mol. The molecule has 1 aromatic rings. The van der Waals surface area contributed by atoms with Crippen LogP contribution in [0, 0.1) is 5.41 Å². The second-order valence-electron chi connectivity index (χ2n) is 7.14. The third-order valence-corrected chi connectivity index (χ3v) is 3.25. The van der Waals surface area contributed by atoms with E-state index in [0.29, 0.717) is 5.69 Å². The first-order valence-corrected chi connectivity index (χ1v) is 6.62. The normalized spacial score (nSPS) is 12.3. The molecule has 6 N–H and O–H groups in total. The first-order valence-electron chi connectivity index (χ1n) is 6.62. The number of hydrazine groups is 1. The molecule has 0 spiro atoms. The SMILES string of the molecule is CC(C)(C)c1cc(N(N)C(=N)N)cc(C(C)(C)C)c1O. The van der Waals surface area contributed by atoms with Crippen LogP contribution >= 0.6 is 0 Å². The van der Waals surface area contributed by atoms with Crippen LogP contribution in [0.25, 0.3) is 0 Å². The fourth-order valence-electron chi connectivity index (χ4n) is 2.04. The first kappa shape index (κ1) is 16.3. The lowest BCUT2D eigenvalue weighted by Gasteiger charge is -2.29. The maximum atomic E-state index is 10.6. The van der Waals surface area contributed by atoms with Crippen LogP contribution in [0.5, 0.6) is 5.75 Å². The highest BCUT2D eigenvalue weighted by Gasteiger charge is 2.27. The van der Waals surface area contributed by atoms with Crippen LogP contribution < -0.4 is 16.6 Å². The number of aromatic hydroxyl groups is 1. The molecule has 0 heterocycles. The molecule has 0 amide bonds. The highest BCUT2D eigenvalue weighted by Crippen LogP contribution is 2.41. The zero-order valence-electron chi connectivity index (χ0n) is 13.2. The number of phenolic OH excluding ortho intramolecular Hbond substituents is 1. The molecule has 0 saturated heterocycles. The van der Waals surface area contributed by atoms with Crippen LogP contribution in [0.1, 0.15) is 52.7 Å². The van der Waals surface area contributed by atoms with E-state index in [1.165, 1.54) is 0 Å². The fourth-order valence-corrected chi connectivity index (χ4v) is 2.04. The Balaban J connectivity index is 3.63. The highest BCUT2D eigenvalue weighted by atomic mass is 16.3. The minimum atomic E-state index is -0.240. The minimum absolute atomic E-state index is 0.238. The molecule has 1 aromatic carbocycles. The molecule has 0 aromatic heterocycles. The zero-order chi connectivity index (χ0) is 15.9. The summed E-state index contributed by atoms with van der Waals surface area (Å²) in [5.74, 6) is 5.86. The van der Waals surface area contributed by atoms with Crippen LogP contribution in [-0.2, 0) is 10.8 Å². The molecule has 112 valence electrons. The average Bonchev–Trinajstić information content (AvgIpc) is 2.24. The number of nitrogens with one attached hydrogen (secondary N) is 1. The number of phenols is 1. The number of nitrogens with zero attached hydrogens (tertiary/aromatic N) is 1. The monoisotopic (exact) mass is 278 g/mol. The summed E-state index contributed by atoms with van der Waals surface area (Å²) < 4.78 is 0. The van der Waals surface area contributed by atoms with Gasteiger partial charge in [-0.15, -0.1) is 0 Å². The summed E-state index contributed by atoms with van der Waals surface area (Å²) in [7, 11) is 0. The van der Waals surface area contributed by atoms with Gasteiger partial charge in [0.2, 0.25) is 5.96 Å². The lowest BCUT2D eigenvalue weighted by atomic mass is 9.79. The molecule has 0 fully saturated rings. The second-order valence-corrected chi connectivity index (χ2v) is 7.14. The van der Waals surface area contributed by atoms with Crippen molar-refractivity contribution < 1.29 is 5.11 Å². The van der Waals surface area contributed by atoms with E-state index in [4.69, 9.17) is 17.0 Å². The summed E-state index contributed by atoms with van der Waals surface area (Å²) in [6.07, 6.45) is 0. The number of rotatable bonds is 1. The molecule has 5 heteroatoms. The Kier molecular flexibility index (Phi) is 4.06. The van der Waals surface area contributed by atoms with Gasteiger partial charge in [-0.2, -0.15) is 0 Å². The van der Waals surface area contributed by atoms with Gasteiger partial charge in [-0.3, -0.25) is 5.41 Å². The van der Waals surface area contributed by atoms with Crippen molar-refractivity contribution in [2.75, 3.05) is 5.01 Å². The molecule has 0 bridgehead atoms. The zero-order valence-corrected chi connectivity index (χ0v) is 13.2. The van der Waals surface area contributed by atoms with E-state index >= 15 is 0 Å². The topological polar surface area (TPSA) is 99.4 Å².